The highest BCUT2D eigenvalue weighted by molar-refractivity contribution is 5.97. The van der Waals surface area contributed by atoms with Crippen molar-refractivity contribution >= 4 is 5.78 Å². The highest BCUT2D eigenvalue weighted by Gasteiger charge is 2.19. The predicted octanol–water partition coefficient (Wildman–Crippen LogP) is 1.46. The van der Waals surface area contributed by atoms with Gasteiger partial charge < -0.3 is 4.74 Å². The summed E-state index contributed by atoms with van der Waals surface area (Å²) in [7, 11) is 0. The number of hydrogen-bond donors (Lipinski definition) is 0. The molecule has 18 heavy (non-hydrogen) atoms. The molecule has 0 radical (unpaired) electrons. The summed E-state index contributed by atoms with van der Waals surface area (Å²) in [5.41, 5.74) is 1.24. The first-order valence-corrected chi connectivity index (χ1v) is 6.06. The number of benzene rings is 1. The Hall–Kier alpha value is -1.70. The minimum Gasteiger partial charge on any atom is -0.376 e. The lowest BCUT2D eigenvalue weighted by Crippen LogP contribution is -2.43. The van der Waals surface area contributed by atoms with Gasteiger partial charge in [-0.05, 0) is 19.1 Å². The number of hydrogen-bond acceptors (Lipinski definition) is 4. The van der Waals surface area contributed by atoms with Crippen LogP contribution in [0.2, 0.25) is 0 Å². The number of carbonyl (C=O) groups excluding carboxylic acids is 1. The number of rotatable bonds is 3. The second kappa shape index (κ2) is 5.76. The summed E-state index contributed by atoms with van der Waals surface area (Å²) < 4.78 is 5.44. The monoisotopic (exact) mass is 244 g/mol. The zero-order valence-electron chi connectivity index (χ0n) is 10.4. The van der Waals surface area contributed by atoms with Gasteiger partial charge in [-0.3, -0.25) is 9.69 Å². The third-order valence-corrected chi connectivity index (χ3v) is 3.03. The Kier molecular flexibility index (Phi) is 4.08. The average molecular weight is 244 g/mol. The Morgan fingerprint density at radius 1 is 1.50 bits per heavy atom. The molecule has 0 spiro atoms. The van der Waals surface area contributed by atoms with Gasteiger partial charge >= 0.3 is 0 Å². The second-order valence-corrected chi connectivity index (χ2v) is 4.53. The van der Waals surface area contributed by atoms with E-state index in [4.69, 9.17) is 10.00 Å². The van der Waals surface area contributed by atoms with Crippen molar-refractivity contribution in [1.82, 2.24) is 4.90 Å². The van der Waals surface area contributed by atoms with Gasteiger partial charge in [-0.15, -0.1) is 0 Å². The molecule has 0 aromatic heterocycles. The summed E-state index contributed by atoms with van der Waals surface area (Å²) >= 11 is 0. The van der Waals surface area contributed by atoms with E-state index < -0.39 is 0 Å². The van der Waals surface area contributed by atoms with E-state index in [1.165, 1.54) is 0 Å². The van der Waals surface area contributed by atoms with Gasteiger partial charge in [-0.1, -0.05) is 12.1 Å². The lowest BCUT2D eigenvalue weighted by Gasteiger charge is -2.30. The second-order valence-electron chi connectivity index (χ2n) is 4.53. The SMILES string of the molecule is CC1CN(CC(=O)c2ccc(C#N)cc2)CCO1. The topological polar surface area (TPSA) is 53.3 Å². The fourth-order valence-corrected chi connectivity index (χ4v) is 2.06. The zero-order valence-corrected chi connectivity index (χ0v) is 10.4. The maximum Gasteiger partial charge on any atom is 0.176 e. The highest BCUT2D eigenvalue weighted by atomic mass is 16.5. The van der Waals surface area contributed by atoms with E-state index in [2.05, 4.69) is 4.90 Å². The zero-order chi connectivity index (χ0) is 13.0. The van der Waals surface area contributed by atoms with Gasteiger partial charge in [0.25, 0.3) is 0 Å². The lowest BCUT2D eigenvalue weighted by atomic mass is 10.1. The maximum atomic E-state index is 12.1. The van der Waals surface area contributed by atoms with Gasteiger partial charge in [0, 0.05) is 18.7 Å². The van der Waals surface area contributed by atoms with Crippen LogP contribution in [0.4, 0.5) is 0 Å². The minimum absolute atomic E-state index is 0.0913. The molecule has 0 aliphatic carbocycles. The van der Waals surface area contributed by atoms with Crippen LogP contribution in [0.1, 0.15) is 22.8 Å². The van der Waals surface area contributed by atoms with Gasteiger partial charge in [0.05, 0.1) is 30.9 Å². The number of carbonyl (C=O) groups is 1. The average Bonchev–Trinajstić information content (AvgIpc) is 2.39. The Labute approximate surface area is 107 Å². The van der Waals surface area contributed by atoms with Crippen LogP contribution in [-0.4, -0.2) is 43.0 Å². The summed E-state index contributed by atoms with van der Waals surface area (Å²) in [6, 6.07) is 8.82. The first-order valence-electron chi connectivity index (χ1n) is 6.06. The quantitative estimate of drug-likeness (QED) is 0.755. The molecule has 1 aliphatic heterocycles. The molecule has 94 valence electrons. The molecule has 1 atom stereocenters. The maximum absolute atomic E-state index is 12.1. The van der Waals surface area contributed by atoms with E-state index in [1.54, 1.807) is 24.3 Å². The molecule has 0 N–H and O–H groups in total. The van der Waals surface area contributed by atoms with Gasteiger partial charge in [0.1, 0.15) is 0 Å². The normalized spacial score (nSPS) is 20.3. The standard InChI is InChI=1S/C14H16N2O2/c1-11-9-16(6-7-18-11)10-14(17)13-4-2-12(8-15)3-5-13/h2-5,11H,6-7,9-10H2,1H3. The van der Waals surface area contributed by atoms with E-state index >= 15 is 0 Å². The number of nitriles is 1. The number of nitrogens with zero attached hydrogens (tertiary/aromatic N) is 2. The summed E-state index contributed by atoms with van der Waals surface area (Å²) in [5.74, 6) is 0.0913. The molecule has 2 rings (SSSR count). The number of morpholine rings is 1. The van der Waals surface area contributed by atoms with E-state index in [1.807, 2.05) is 13.0 Å². The Balaban J connectivity index is 1.96. The molecule has 1 saturated heterocycles. The minimum atomic E-state index is 0.0913. The summed E-state index contributed by atoms with van der Waals surface area (Å²) in [4.78, 5) is 14.2. The van der Waals surface area contributed by atoms with Crippen LogP contribution in [0.5, 0.6) is 0 Å². The van der Waals surface area contributed by atoms with Crippen molar-refractivity contribution in [2.45, 2.75) is 13.0 Å². The Bertz CT molecular complexity index is 462. The molecular formula is C14H16N2O2. The van der Waals surface area contributed by atoms with Crippen molar-refractivity contribution in [3.05, 3.63) is 35.4 Å². The first-order chi connectivity index (χ1) is 8.69. The number of ketones is 1. The fraction of sp³-hybridized carbons (Fsp3) is 0.429. The number of ether oxygens (including phenoxy) is 1. The van der Waals surface area contributed by atoms with Crippen molar-refractivity contribution in [1.29, 1.82) is 5.26 Å². The third-order valence-electron chi connectivity index (χ3n) is 3.03. The van der Waals surface area contributed by atoms with Crippen LogP contribution in [0.25, 0.3) is 0 Å². The molecule has 0 saturated carbocycles. The van der Waals surface area contributed by atoms with Gasteiger partial charge in [0.2, 0.25) is 0 Å². The number of Topliss-reactive ketones (excluding diaryl/α,β-unsaturated/α-hetero) is 1. The molecule has 1 unspecified atom stereocenters. The fourth-order valence-electron chi connectivity index (χ4n) is 2.06. The van der Waals surface area contributed by atoms with Crippen LogP contribution < -0.4 is 0 Å². The van der Waals surface area contributed by atoms with E-state index in [0.29, 0.717) is 24.3 Å². The predicted molar refractivity (Wildman–Crippen MR) is 67.3 cm³/mol. The molecule has 4 heteroatoms. The molecule has 0 amide bonds. The van der Waals surface area contributed by atoms with Crippen LogP contribution in [-0.2, 0) is 4.74 Å². The molecule has 1 aliphatic rings. The lowest BCUT2D eigenvalue weighted by molar-refractivity contribution is -0.0158. The van der Waals surface area contributed by atoms with Crippen molar-refractivity contribution in [2.75, 3.05) is 26.2 Å². The molecule has 1 aromatic rings. The Morgan fingerprint density at radius 3 is 2.83 bits per heavy atom. The van der Waals surface area contributed by atoms with Crippen molar-refractivity contribution < 1.29 is 9.53 Å². The van der Waals surface area contributed by atoms with Gasteiger partial charge in [0.15, 0.2) is 5.78 Å². The molecule has 1 fully saturated rings. The van der Waals surface area contributed by atoms with Crippen LogP contribution in [0, 0.1) is 11.3 Å². The van der Waals surface area contributed by atoms with Crippen LogP contribution >= 0.6 is 0 Å². The van der Waals surface area contributed by atoms with Crippen LogP contribution in [0.15, 0.2) is 24.3 Å². The van der Waals surface area contributed by atoms with E-state index in [9.17, 15) is 4.79 Å². The smallest absolute Gasteiger partial charge is 0.176 e. The van der Waals surface area contributed by atoms with Crippen molar-refractivity contribution in [3.63, 3.8) is 0 Å². The van der Waals surface area contributed by atoms with Crippen LogP contribution in [0.3, 0.4) is 0 Å². The Morgan fingerprint density at radius 2 is 2.22 bits per heavy atom. The van der Waals surface area contributed by atoms with E-state index in [0.717, 1.165) is 13.1 Å². The summed E-state index contributed by atoms with van der Waals surface area (Å²) in [5, 5.41) is 8.70. The van der Waals surface area contributed by atoms with Gasteiger partial charge in [-0.25, -0.2) is 0 Å². The molecule has 4 nitrogen and oxygen atoms in total. The third kappa shape index (κ3) is 3.16. The van der Waals surface area contributed by atoms with Crippen molar-refractivity contribution in [2.24, 2.45) is 0 Å². The summed E-state index contributed by atoms with van der Waals surface area (Å²) in [6.45, 7) is 4.70. The van der Waals surface area contributed by atoms with Crippen molar-refractivity contribution in [3.8, 4) is 6.07 Å². The largest absolute Gasteiger partial charge is 0.376 e. The summed E-state index contributed by atoms with van der Waals surface area (Å²) in [6.07, 6.45) is 0.188. The molecule has 1 aromatic carbocycles. The molecule has 1 heterocycles. The van der Waals surface area contributed by atoms with E-state index in [-0.39, 0.29) is 11.9 Å². The highest BCUT2D eigenvalue weighted by Crippen LogP contribution is 2.08. The molecular weight excluding hydrogens is 228 g/mol. The van der Waals surface area contributed by atoms with Gasteiger partial charge in [-0.2, -0.15) is 5.26 Å². The first kappa shape index (κ1) is 12.7. The molecule has 0 bridgehead atoms.